The highest BCUT2D eigenvalue weighted by Crippen LogP contribution is 2.21. The van der Waals surface area contributed by atoms with Crippen molar-refractivity contribution in [2.24, 2.45) is 0 Å². The SMILES string of the molecule is CCc1ccc(Cn2cc(Br)c3ccccc3c2=O)cc1. The molecule has 0 radical (unpaired) electrons. The lowest BCUT2D eigenvalue weighted by Gasteiger charge is -2.10. The minimum absolute atomic E-state index is 0.0494. The van der Waals surface area contributed by atoms with E-state index in [0.29, 0.717) is 6.54 Å². The normalized spacial score (nSPS) is 11.0. The van der Waals surface area contributed by atoms with Crippen molar-refractivity contribution in [2.45, 2.75) is 19.9 Å². The summed E-state index contributed by atoms with van der Waals surface area (Å²) in [5.41, 5.74) is 2.50. The maximum absolute atomic E-state index is 12.6. The Kier molecular flexibility index (Phi) is 3.93. The molecule has 0 atom stereocenters. The fraction of sp³-hybridized carbons (Fsp3) is 0.167. The largest absolute Gasteiger partial charge is 0.309 e. The second-order valence-corrected chi connectivity index (χ2v) is 5.98. The van der Waals surface area contributed by atoms with Crippen molar-refractivity contribution in [3.8, 4) is 0 Å². The standard InChI is InChI=1S/C18H16BrNO/c1-2-13-7-9-14(10-8-13)11-20-12-17(19)15-5-3-4-6-16(15)18(20)21/h3-10,12H,2,11H2,1H3. The number of rotatable bonds is 3. The van der Waals surface area contributed by atoms with Gasteiger partial charge in [0, 0.05) is 21.4 Å². The Labute approximate surface area is 132 Å². The molecule has 0 saturated heterocycles. The molecule has 2 nitrogen and oxygen atoms in total. The second kappa shape index (κ2) is 5.86. The van der Waals surface area contributed by atoms with E-state index in [2.05, 4.69) is 47.1 Å². The van der Waals surface area contributed by atoms with Gasteiger partial charge < -0.3 is 4.57 Å². The maximum Gasteiger partial charge on any atom is 0.258 e. The number of halogens is 1. The van der Waals surface area contributed by atoms with E-state index >= 15 is 0 Å². The number of hydrogen-bond acceptors (Lipinski definition) is 1. The lowest BCUT2D eigenvalue weighted by atomic mass is 10.1. The summed E-state index contributed by atoms with van der Waals surface area (Å²) in [5.74, 6) is 0. The highest BCUT2D eigenvalue weighted by atomic mass is 79.9. The summed E-state index contributed by atoms with van der Waals surface area (Å²) in [4.78, 5) is 12.6. The molecule has 0 aliphatic carbocycles. The summed E-state index contributed by atoms with van der Waals surface area (Å²) < 4.78 is 2.70. The molecule has 106 valence electrons. The molecule has 0 fully saturated rings. The van der Waals surface area contributed by atoms with Crippen molar-refractivity contribution in [1.29, 1.82) is 0 Å². The summed E-state index contributed by atoms with van der Waals surface area (Å²) in [5, 5.41) is 1.71. The van der Waals surface area contributed by atoms with Crippen molar-refractivity contribution in [2.75, 3.05) is 0 Å². The Bertz CT molecular complexity index is 834. The van der Waals surface area contributed by atoms with E-state index in [-0.39, 0.29) is 5.56 Å². The van der Waals surface area contributed by atoms with Crippen LogP contribution in [0.2, 0.25) is 0 Å². The second-order valence-electron chi connectivity index (χ2n) is 5.13. The van der Waals surface area contributed by atoms with Gasteiger partial charge in [0.2, 0.25) is 0 Å². The van der Waals surface area contributed by atoms with Crippen molar-refractivity contribution < 1.29 is 0 Å². The third-order valence-electron chi connectivity index (χ3n) is 3.73. The first-order valence-corrected chi connectivity index (χ1v) is 7.84. The van der Waals surface area contributed by atoms with Crippen molar-refractivity contribution in [1.82, 2.24) is 4.57 Å². The molecule has 0 N–H and O–H groups in total. The van der Waals surface area contributed by atoms with E-state index in [9.17, 15) is 4.79 Å². The Hall–Kier alpha value is -1.87. The lowest BCUT2D eigenvalue weighted by molar-refractivity contribution is 0.765. The Morgan fingerprint density at radius 2 is 1.57 bits per heavy atom. The van der Waals surface area contributed by atoms with Crippen molar-refractivity contribution in [3.63, 3.8) is 0 Å². The van der Waals surface area contributed by atoms with Crippen LogP contribution in [0.25, 0.3) is 10.8 Å². The molecule has 0 saturated carbocycles. The zero-order valence-corrected chi connectivity index (χ0v) is 13.4. The highest BCUT2D eigenvalue weighted by Gasteiger charge is 2.07. The Morgan fingerprint density at radius 1 is 0.952 bits per heavy atom. The molecule has 1 aromatic heterocycles. The number of hydrogen-bond donors (Lipinski definition) is 0. The molecule has 21 heavy (non-hydrogen) atoms. The molecule has 0 spiro atoms. The summed E-state index contributed by atoms with van der Waals surface area (Å²) in [6.45, 7) is 2.73. The first kappa shape index (κ1) is 14.1. The smallest absolute Gasteiger partial charge is 0.258 e. The lowest BCUT2D eigenvalue weighted by Crippen LogP contribution is -2.20. The third kappa shape index (κ3) is 2.79. The minimum atomic E-state index is 0.0494. The van der Waals surface area contributed by atoms with Crippen LogP contribution in [0, 0.1) is 0 Å². The first-order valence-electron chi connectivity index (χ1n) is 7.04. The number of aryl methyl sites for hydroxylation is 1. The quantitative estimate of drug-likeness (QED) is 0.693. The van der Waals surface area contributed by atoms with Crippen LogP contribution in [0.4, 0.5) is 0 Å². The average Bonchev–Trinajstić information content (AvgIpc) is 2.53. The van der Waals surface area contributed by atoms with Crippen molar-refractivity contribution >= 4 is 26.7 Å². The maximum atomic E-state index is 12.6. The molecule has 3 rings (SSSR count). The van der Waals surface area contributed by atoms with E-state index < -0.39 is 0 Å². The van der Waals surface area contributed by atoms with Gasteiger partial charge in [0.1, 0.15) is 0 Å². The van der Waals surface area contributed by atoms with Gasteiger partial charge in [0.15, 0.2) is 0 Å². The van der Waals surface area contributed by atoms with E-state index in [1.165, 1.54) is 5.56 Å². The molecular weight excluding hydrogens is 326 g/mol. The van der Waals surface area contributed by atoms with Gasteiger partial charge in [-0.15, -0.1) is 0 Å². The van der Waals surface area contributed by atoms with Gasteiger partial charge >= 0.3 is 0 Å². The van der Waals surface area contributed by atoms with Gasteiger partial charge in [-0.3, -0.25) is 4.79 Å². The van der Waals surface area contributed by atoms with Gasteiger partial charge in [-0.05, 0) is 39.5 Å². The number of aromatic nitrogens is 1. The molecule has 1 heterocycles. The Balaban J connectivity index is 2.04. The summed E-state index contributed by atoms with van der Waals surface area (Å²) in [7, 11) is 0. The summed E-state index contributed by atoms with van der Waals surface area (Å²) in [6, 6.07) is 16.1. The van der Waals surface area contributed by atoms with Crippen LogP contribution < -0.4 is 5.56 Å². The Morgan fingerprint density at radius 3 is 2.24 bits per heavy atom. The summed E-state index contributed by atoms with van der Waals surface area (Å²) >= 11 is 3.56. The van der Waals surface area contributed by atoms with E-state index in [0.717, 1.165) is 27.2 Å². The van der Waals surface area contributed by atoms with E-state index in [4.69, 9.17) is 0 Å². The van der Waals surface area contributed by atoms with E-state index in [1.807, 2.05) is 30.5 Å². The van der Waals surface area contributed by atoms with Crippen LogP contribution in [0.5, 0.6) is 0 Å². The van der Waals surface area contributed by atoms with E-state index in [1.54, 1.807) is 4.57 Å². The number of nitrogens with zero attached hydrogens (tertiary/aromatic N) is 1. The topological polar surface area (TPSA) is 22.0 Å². The molecule has 0 aliphatic heterocycles. The summed E-state index contributed by atoms with van der Waals surface area (Å²) in [6.07, 6.45) is 2.90. The van der Waals surface area contributed by atoms with Gasteiger partial charge in [-0.2, -0.15) is 0 Å². The zero-order valence-electron chi connectivity index (χ0n) is 11.8. The van der Waals surface area contributed by atoms with Gasteiger partial charge in [0.25, 0.3) is 5.56 Å². The monoisotopic (exact) mass is 341 g/mol. The molecular formula is C18H16BrNO. The average molecular weight is 342 g/mol. The van der Waals surface area contributed by atoms with Crippen LogP contribution >= 0.6 is 15.9 Å². The zero-order chi connectivity index (χ0) is 14.8. The van der Waals surface area contributed by atoms with Crippen LogP contribution in [-0.2, 0) is 13.0 Å². The third-order valence-corrected chi connectivity index (χ3v) is 4.36. The molecule has 0 aliphatic rings. The molecule has 0 unspecified atom stereocenters. The number of fused-ring (bicyclic) bond motifs is 1. The minimum Gasteiger partial charge on any atom is -0.309 e. The number of pyridine rings is 1. The van der Waals surface area contributed by atoms with Crippen LogP contribution in [-0.4, -0.2) is 4.57 Å². The molecule has 3 heteroatoms. The molecule has 0 bridgehead atoms. The fourth-order valence-electron chi connectivity index (χ4n) is 2.49. The predicted molar refractivity (Wildman–Crippen MR) is 90.8 cm³/mol. The fourth-order valence-corrected chi connectivity index (χ4v) is 3.09. The van der Waals surface area contributed by atoms with Crippen molar-refractivity contribution in [3.05, 3.63) is 80.7 Å². The highest BCUT2D eigenvalue weighted by molar-refractivity contribution is 9.10. The van der Waals surface area contributed by atoms with Crippen LogP contribution in [0.15, 0.2) is 64.0 Å². The predicted octanol–water partition coefficient (Wildman–Crippen LogP) is 4.37. The number of benzene rings is 2. The molecule has 3 aromatic rings. The van der Waals surface area contributed by atoms with Gasteiger partial charge in [0.05, 0.1) is 6.54 Å². The van der Waals surface area contributed by atoms with Crippen LogP contribution in [0.1, 0.15) is 18.1 Å². The molecule has 0 amide bonds. The van der Waals surface area contributed by atoms with Gasteiger partial charge in [-0.1, -0.05) is 49.4 Å². The van der Waals surface area contributed by atoms with Gasteiger partial charge in [-0.25, -0.2) is 0 Å². The molecule has 2 aromatic carbocycles. The first-order chi connectivity index (χ1) is 10.2. The van der Waals surface area contributed by atoms with Crippen LogP contribution in [0.3, 0.4) is 0 Å².